The Bertz CT molecular complexity index is 828. The van der Waals surface area contributed by atoms with E-state index in [9.17, 15) is 18.0 Å². The van der Waals surface area contributed by atoms with Gasteiger partial charge in [0, 0.05) is 5.70 Å². The summed E-state index contributed by atoms with van der Waals surface area (Å²) in [4.78, 5) is 15.9. The van der Waals surface area contributed by atoms with Crippen molar-refractivity contribution in [2.24, 2.45) is 0 Å². The van der Waals surface area contributed by atoms with Crippen LogP contribution in [-0.4, -0.2) is 27.3 Å². The number of nitrogens with one attached hydrogen (secondary N) is 1. The summed E-state index contributed by atoms with van der Waals surface area (Å²) < 4.78 is 45.2. The Morgan fingerprint density at radius 2 is 2.00 bits per heavy atom. The lowest BCUT2D eigenvalue weighted by Crippen LogP contribution is -2.29. The minimum Gasteiger partial charge on any atom is -0.463 e. The second-order valence-corrected chi connectivity index (χ2v) is 5.40. The van der Waals surface area contributed by atoms with Crippen molar-refractivity contribution in [2.45, 2.75) is 26.1 Å². The van der Waals surface area contributed by atoms with Gasteiger partial charge in [-0.25, -0.2) is 9.48 Å². The average Bonchev–Trinajstić information content (AvgIpc) is 2.98. The van der Waals surface area contributed by atoms with E-state index in [2.05, 4.69) is 15.4 Å². The van der Waals surface area contributed by atoms with Gasteiger partial charge in [0.2, 0.25) is 5.95 Å². The van der Waals surface area contributed by atoms with Gasteiger partial charge >= 0.3 is 12.1 Å². The number of allylic oxidation sites excluding steroid dienone is 1. The highest BCUT2D eigenvalue weighted by Crippen LogP contribution is 2.37. The number of benzene rings is 1. The zero-order valence-corrected chi connectivity index (χ0v) is 13.5. The smallest absolute Gasteiger partial charge is 0.453 e. The molecule has 0 unspecified atom stereocenters. The van der Waals surface area contributed by atoms with Gasteiger partial charge in [-0.05, 0) is 19.4 Å². The van der Waals surface area contributed by atoms with Crippen molar-refractivity contribution in [3.63, 3.8) is 0 Å². The number of ether oxygens (including phenoxy) is 1. The summed E-state index contributed by atoms with van der Waals surface area (Å²) in [5, 5.41) is 6.29. The van der Waals surface area contributed by atoms with Crippen molar-refractivity contribution in [2.75, 3.05) is 11.9 Å². The van der Waals surface area contributed by atoms with E-state index >= 15 is 0 Å². The van der Waals surface area contributed by atoms with Crippen LogP contribution in [0.15, 0.2) is 41.6 Å². The third kappa shape index (κ3) is 3.09. The number of aromatic nitrogens is 3. The predicted molar refractivity (Wildman–Crippen MR) is 82.6 cm³/mol. The molecule has 0 fully saturated rings. The Hall–Kier alpha value is -2.84. The maximum absolute atomic E-state index is 13.0. The summed E-state index contributed by atoms with van der Waals surface area (Å²) >= 11 is 0. The molecule has 0 bridgehead atoms. The van der Waals surface area contributed by atoms with Crippen LogP contribution in [0.5, 0.6) is 0 Å². The standard InChI is InChI=1S/C16H15F3N4O2/c1-3-25-13(24)11-9(2)20-15-21-14(16(17,18)19)22-23(15)12(11)10-7-5-4-6-8-10/h4-8,12H,3H2,1-2H3,(H,20,21,22)/t12-/m0/s1. The maximum Gasteiger partial charge on any atom is 0.453 e. The molecule has 1 aromatic heterocycles. The molecular formula is C16H15F3N4O2. The summed E-state index contributed by atoms with van der Waals surface area (Å²) in [6.45, 7) is 3.40. The first kappa shape index (κ1) is 17.0. The number of carbonyl (C=O) groups excluding carboxylic acids is 1. The molecule has 0 amide bonds. The van der Waals surface area contributed by atoms with Gasteiger partial charge in [0.15, 0.2) is 0 Å². The first-order valence-corrected chi connectivity index (χ1v) is 7.56. The van der Waals surface area contributed by atoms with Gasteiger partial charge in [-0.3, -0.25) is 0 Å². The highest BCUT2D eigenvalue weighted by Gasteiger charge is 2.41. The van der Waals surface area contributed by atoms with Crippen LogP contribution in [0.1, 0.15) is 31.3 Å². The summed E-state index contributed by atoms with van der Waals surface area (Å²) in [7, 11) is 0. The molecule has 1 aromatic carbocycles. The monoisotopic (exact) mass is 352 g/mol. The number of carbonyl (C=O) groups is 1. The molecule has 3 rings (SSSR count). The van der Waals surface area contributed by atoms with Crippen molar-refractivity contribution in [3.8, 4) is 0 Å². The average molecular weight is 352 g/mol. The van der Waals surface area contributed by atoms with Gasteiger partial charge < -0.3 is 10.1 Å². The van der Waals surface area contributed by atoms with Crippen LogP contribution in [-0.2, 0) is 15.7 Å². The number of alkyl halides is 3. The highest BCUT2D eigenvalue weighted by molar-refractivity contribution is 5.92. The van der Waals surface area contributed by atoms with Crippen molar-refractivity contribution >= 4 is 11.9 Å². The number of fused-ring (bicyclic) bond motifs is 1. The lowest BCUT2D eigenvalue weighted by Gasteiger charge is -2.28. The van der Waals surface area contributed by atoms with Crippen molar-refractivity contribution in [1.82, 2.24) is 14.8 Å². The zero-order valence-electron chi connectivity index (χ0n) is 13.5. The maximum atomic E-state index is 13.0. The molecule has 0 saturated carbocycles. The van der Waals surface area contributed by atoms with E-state index < -0.39 is 24.0 Å². The Labute approximate surface area is 141 Å². The molecule has 0 spiro atoms. The third-order valence-electron chi connectivity index (χ3n) is 3.72. The van der Waals surface area contributed by atoms with Crippen molar-refractivity contribution in [1.29, 1.82) is 0 Å². The summed E-state index contributed by atoms with van der Waals surface area (Å²) in [6, 6.07) is 7.80. The molecular weight excluding hydrogens is 337 g/mol. The van der Waals surface area contributed by atoms with E-state index in [0.29, 0.717) is 11.3 Å². The minimum absolute atomic E-state index is 0.0771. The number of anilines is 1. The lowest BCUT2D eigenvalue weighted by molar-refractivity contribution is -0.145. The van der Waals surface area contributed by atoms with Crippen molar-refractivity contribution < 1.29 is 22.7 Å². The van der Waals surface area contributed by atoms with Crippen LogP contribution in [0, 0.1) is 0 Å². The molecule has 6 nitrogen and oxygen atoms in total. The topological polar surface area (TPSA) is 69.0 Å². The summed E-state index contributed by atoms with van der Waals surface area (Å²) in [5.41, 5.74) is 1.17. The SMILES string of the molecule is CCOC(=O)C1=C(C)Nc2nc(C(F)(F)F)nn2[C@H]1c1ccccc1. The van der Waals surface area contributed by atoms with Crippen LogP contribution in [0.25, 0.3) is 0 Å². The second-order valence-electron chi connectivity index (χ2n) is 5.40. The fourth-order valence-electron chi connectivity index (χ4n) is 2.69. The van der Waals surface area contributed by atoms with E-state index in [0.717, 1.165) is 4.68 Å². The molecule has 25 heavy (non-hydrogen) atoms. The van der Waals surface area contributed by atoms with E-state index in [1.54, 1.807) is 44.2 Å². The number of hydrogen-bond acceptors (Lipinski definition) is 5. The Balaban J connectivity index is 2.17. The molecule has 2 aromatic rings. The van der Waals surface area contributed by atoms with Gasteiger partial charge in [0.25, 0.3) is 5.82 Å². The van der Waals surface area contributed by atoms with E-state index in [1.807, 2.05) is 0 Å². The van der Waals surface area contributed by atoms with Gasteiger partial charge in [-0.1, -0.05) is 30.3 Å². The molecule has 1 atom stereocenters. The van der Waals surface area contributed by atoms with Crippen molar-refractivity contribution in [3.05, 3.63) is 53.0 Å². The van der Waals surface area contributed by atoms with Crippen LogP contribution in [0.4, 0.5) is 19.1 Å². The number of esters is 1. The van der Waals surface area contributed by atoms with Gasteiger partial charge in [0.1, 0.15) is 6.04 Å². The minimum atomic E-state index is -4.69. The van der Waals surface area contributed by atoms with Crippen LogP contribution in [0.3, 0.4) is 0 Å². The number of rotatable bonds is 3. The second kappa shape index (κ2) is 6.23. The zero-order chi connectivity index (χ0) is 18.2. The third-order valence-corrected chi connectivity index (χ3v) is 3.72. The van der Waals surface area contributed by atoms with Gasteiger partial charge in [-0.15, -0.1) is 5.10 Å². The highest BCUT2D eigenvalue weighted by atomic mass is 19.4. The largest absolute Gasteiger partial charge is 0.463 e. The molecule has 9 heteroatoms. The molecule has 0 aliphatic carbocycles. The predicted octanol–water partition coefficient (Wildman–Crippen LogP) is 3.15. The first-order valence-electron chi connectivity index (χ1n) is 7.56. The van der Waals surface area contributed by atoms with Crippen LogP contribution < -0.4 is 5.32 Å². The van der Waals surface area contributed by atoms with Crippen LogP contribution in [0.2, 0.25) is 0 Å². The number of nitrogens with zero attached hydrogens (tertiary/aromatic N) is 3. The molecule has 0 saturated heterocycles. The van der Waals surface area contributed by atoms with E-state index in [-0.39, 0.29) is 18.1 Å². The molecule has 2 heterocycles. The van der Waals surface area contributed by atoms with Gasteiger partial charge in [0.05, 0.1) is 12.2 Å². The van der Waals surface area contributed by atoms with Gasteiger partial charge in [-0.2, -0.15) is 18.2 Å². The Morgan fingerprint density at radius 3 is 2.60 bits per heavy atom. The lowest BCUT2D eigenvalue weighted by atomic mass is 9.96. The first-order chi connectivity index (χ1) is 11.8. The summed E-state index contributed by atoms with van der Waals surface area (Å²) in [5.74, 6) is -1.96. The molecule has 1 aliphatic rings. The number of halogens is 3. The molecule has 1 aliphatic heterocycles. The number of hydrogen-bond donors (Lipinski definition) is 1. The molecule has 1 N–H and O–H groups in total. The fraction of sp³-hybridized carbons (Fsp3) is 0.312. The molecule has 132 valence electrons. The Morgan fingerprint density at radius 1 is 1.32 bits per heavy atom. The summed E-state index contributed by atoms with van der Waals surface area (Å²) in [6.07, 6.45) is -4.69. The molecule has 0 radical (unpaired) electrons. The fourth-order valence-corrected chi connectivity index (χ4v) is 2.69. The van der Waals surface area contributed by atoms with Crippen LogP contribution >= 0.6 is 0 Å². The quantitative estimate of drug-likeness (QED) is 0.860. The Kier molecular flexibility index (Phi) is 4.23. The normalized spacial score (nSPS) is 17.1. The van der Waals surface area contributed by atoms with E-state index in [1.165, 1.54) is 0 Å². The van der Waals surface area contributed by atoms with E-state index in [4.69, 9.17) is 4.74 Å².